The molecule has 0 spiro atoms. The van der Waals surface area contributed by atoms with Gasteiger partial charge in [-0.25, -0.2) is 9.97 Å². The van der Waals surface area contributed by atoms with Crippen LogP contribution in [0.25, 0.3) is 22.4 Å². The summed E-state index contributed by atoms with van der Waals surface area (Å²) in [5.74, 6) is 0.583. The van der Waals surface area contributed by atoms with E-state index in [2.05, 4.69) is 27.2 Å². The Bertz CT molecular complexity index is 1030. The minimum atomic E-state index is -4.52. The molecule has 0 bridgehead atoms. The summed E-state index contributed by atoms with van der Waals surface area (Å²) >= 11 is 0. The highest BCUT2D eigenvalue weighted by Crippen LogP contribution is 2.36. The number of nitrogens with zero attached hydrogens (tertiary/aromatic N) is 3. The van der Waals surface area contributed by atoms with Gasteiger partial charge in [-0.05, 0) is 44.3 Å². The predicted molar refractivity (Wildman–Crippen MR) is 142 cm³/mol. The fourth-order valence-electron chi connectivity index (χ4n) is 2.96. The number of likely N-dealkylation sites (N-methyl/N-ethyl adjacent to an activating group) is 1. The zero-order chi connectivity index (χ0) is 28.6. The minimum absolute atomic E-state index is 0.116. The first kappa shape index (κ1) is 34.0. The summed E-state index contributed by atoms with van der Waals surface area (Å²) in [7, 11) is 3.53. The molecular formula is C26H40F3N5O3. The van der Waals surface area contributed by atoms with E-state index in [0.717, 1.165) is 19.2 Å². The molecule has 208 valence electrons. The maximum absolute atomic E-state index is 12.8. The second-order valence-corrected chi connectivity index (χ2v) is 8.00. The Hall–Kier alpha value is -3.02. The van der Waals surface area contributed by atoms with Crippen LogP contribution in [0.2, 0.25) is 0 Å². The van der Waals surface area contributed by atoms with Gasteiger partial charge in [0.15, 0.2) is 0 Å². The van der Waals surface area contributed by atoms with Crippen LogP contribution in [0.3, 0.4) is 0 Å². The Morgan fingerprint density at radius 2 is 1.68 bits per heavy atom. The fourth-order valence-corrected chi connectivity index (χ4v) is 2.96. The van der Waals surface area contributed by atoms with Crippen molar-refractivity contribution in [3.8, 4) is 17.2 Å². The van der Waals surface area contributed by atoms with Crippen LogP contribution in [-0.2, 0) is 11.0 Å². The van der Waals surface area contributed by atoms with Gasteiger partial charge in [-0.1, -0.05) is 27.7 Å². The topological polar surface area (TPSA) is 107 Å². The van der Waals surface area contributed by atoms with E-state index >= 15 is 0 Å². The third-order valence-corrected chi connectivity index (χ3v) is 4.52. The van der Waals surface area contributed by atoms with Crippen molar-refractivity contribution in [1.29, 1.82) is 0 Å². The van der Waals surface area contributed by atoms with Crippen LogP contribution >= 0.6 is 0 Å². The standard InChI is InChI=1S/C15H11F3N2O2.C5H12N2.C3H9N.C2H6.CH2O/c1-8-7-22-14(19-8)10-3-5-11(21-2)13-9(10)4-6-12(20-13)15(16,17)18;1-7-4-2-6-3-5-7;1-3(2)4;2*1-2/h3-7H,1-2H3;6H,2-5H2,1H3;3H,4H2,1-2H3;1-2H3;1H2. The molecule has 2 aromatic heterocycles. The van der Waals surface area contributed by atoms with Gasteiger partial charge in [0, 0.05) is 37.1 Å². The molecule has 3 N–H and O–H groups in total. The number of hydrogen-bond acceptors (Lipinski definition) is 8. The van der Waals surface area contributed by atoms with Gasteiger partial charge in [-0.2, -0.15) is 13.2 Å². The third kappa shape index (κ3) is 11.7. The zero-order valence-electron chi connectivity index (χ0n) is 22.8. The second-order valence-electron chi connectivity index (χ2n) is 8.00. The van der Waals surface area contributed by atoms with E-state index < -0.39 is 11.9 Å². The molecule has 4 rings (SSSR count). The Morgan fingerprint density at radius 3 is 2.08 bits per heavy atom. The number of ether oxygens (including phenoxy) is 1. The number of benzene rings is 1. The lowest BCUT2D eigenvalue weighted by Gasteiger charge is -2.21. The molecule has 0 radical (unpaired) electrons. The van der Waals surface area contributed by atoms with Crippen molar-refractivity contribution in [2.75, 3.05) is 40.3 Å². The Morgan fingerprint density at radius 1 is 1.11 bits per heavy atom. The van der Waals surface area contributed by atoms with Crippen molar-refractivity contribution in [1.82, 2.24) is 20.2 Å². The maximum Gasteiger partial charge on any atom is 0.433 e. The van der Waals surface area contributed by atoms with Crippen LogP contribution in [0, 0.1) is 6.92 Å². The number of aryl methyl sites for hydroxylation is 1. The number of pyridine rings is 1. The molecule has 11 heteroatoms. The van der Waals surface area contributed by atoms with Crippen LogP contribution in [0.1, 0.15) is 39.1 Å². The summed E-state index contributed by atoms with van der Waals surface area (Å²) in [6, 6.07) is 5.84. The molecule has 8 nitrogen and oxygen atoms in total. The normalized spacial score (nSPS) is 13.1. The van der Waals surface area contributed by atoms with E-state index in [0.29, 0.717) is 28.6 Å². The Labute approximate surface area is 217 Å². The summed E-state index contributed by atoms with van der Waals surface area (Å²) in [5.41, 5.74) is 5.49. The number of nitrogens with two attached hydrogens (primary N) is 1. The highest BCUT2D eigenvalue weighted by atomic mass is 19.4. The molecule has 1 aromatic carbocycles. The highest BCUT2D eigenvalue weighted by molar-refractivity contribution is 5.96. The highest BCUT2D eigenvalue weighted by Gasteiger charge is 2.33. The molecule has 0 atom stereocenters. The quantitative estimate of drug-likeness (QED) is 0.483. The summed E-state index contributed by atoms with van der Waals surface area (Å²) in [4.78, 5) is 18.2. The van der Waals surface area contributed by atoms with Crippen molar-refractivity contribution in [2.24, 2.45) is 5.73 Å². The summed E-state index contributed by atoms with van der Waals surface area (Å²) < 4.78 is 49.0. The number of hydrogen-bond donors (Lipinski definition) is 2. The van der Waals surface area contributed by atoms with E-state index in [1.54, 1.807) is 19.1 Å². The largest absolute Gasteiger partial charge is 0.494 e. The molecule has 0 aliphatic carbocycles. The first-order valence-electron chi connectivity index (χ1n) is 11.9. The second kappa shape index (κ2) is 17.4. The Balaban J connectivity index is 0.000000713. The zero-order valence-corrected chi connectivity index (χ0v) is 22.8. The lowest BCUT2D eigenvalue weighted by molar-refractivity contribution is -0.141. The van der Waals surface area contributed by atoms with Crippen LogP contribution in [0.5, 0.6) is 5.75 Å². The van der Waals surface area contributed by atoms with Gasteiger partial charge in [-0.15, -0.1) is 0 Å². The predicted octanol–water partition coefficient (Wildman–Crippen LogP) is 4.94. The van der Waals surface area contributed by atoms with E-state index in [4.69, 9.17) is 19.7 Å². The average Bonchev–Trinajstić information content (AvgIpc) is 3.31. The van der Waals surface area contributed by atoms with Gasteiger partial charge >= 0.3 is 6.18 Å². The monoisotopic (exact) mass is 527 g/mol. The average molecular weight is 528 g/mol. The van der Waals surface area contributed by atoms with Gasteiger partial charge in [0.2, 0.25) is 5.89 Å². The number of aromatic nitrogens is 2. The van der Waals surface area contributed by atoms with E-state index in [1.807, 2.05) is 34.5 Å². The van der Waals surface area contributed by atoms with Crippen molar-refractivity contribution in [3.63, 3.8) is 0 Å². The van der Waals surface area contributed by atoms with Crippen molar-refractivity contribution >= 4 is 17.7 Å². The molecule has 1 fully saturated rings. The number of nitrogens with one attached hydrogen (secondary N) is 1. The fraction of sp³-hybridized carbons (Fsp3) is 0.500. The van der Waals surface area contributed by atoms with Gasteiger partial charge in [0.25, 0.3) is 0 Å². The summed E-state index contributed by atoms with van der Waals surface area (Å²) in [6.07, 6.45) is -3.04. The minimum Gasteiger partial charge on any atom is -0.494 e. The van der Waals surface area contributed by atoms with Gasteiger partial charge in [-0.3, -0.25) is 0 Å². The lowest BCUT2D eigenvalue weighted by atomic mass is 10.1. The number of rotatable bonds is 2. The van der Waals surface area contributed by atoms with Crippen molar-refractivity contribution < 1.29 is 27.1 Å². The number of carbonyl (C=O) groups excluding carboxylic acids is 1. The molecule has 3 aromatic rings. The molecule has 1 saturated heterocycles. The number of halogens is 3. The first-order chi connectivity index (χ1) is 17.5. The molecule has 1 aliphatic heterocycles. The van der Waals surface area contributed by atoms with Crippen LogP contribution in [-0.4, -0.2) is 68.0 Å². The SMILES string of the molecule is C=O.CC.CC(C)N.CN1CCNCC1.COc1ccc(-c2nc(C)co2)c2ccc(C(F)(F)F)nc12. The summed E-state index contributed by atoms with van der Waals surface area (Å²) in [6.45, 7) is 16.4. The molecule has 3 heterocycles. The van der Waals surface area contributed by atoms with Gasteiger partial charge in [0.1, 0.15) is 30.0 Å². The molecule has 0 unspecified atom stereocenters. The number of oxazole rings is 1. The Kier molecular flexibility index (Phi) is 16.0. The van der Waals surface area contributed by atoms with Crippen LogP contribution in [0.15, 0.2) is 34.9 Å². The number of alkyl halides is 3. The third-order valence-electron chi connectivity index (χ3n) is 4.52. The number of methoxy groups -OCH3 is 1. The number of carbonyl (C=O) groups is 1. The molecule has 0 amide bonds. The van der Waals surface area contributed by atoms with E-state index in [1.165, 1.54) is 32.5 Å². The van der Waals surface area contributed by atoms with Crippen molar-refractivity contribution in [3.05, 3.63) is 41.9 Å². The van der Waals surface area contributed by atoms with Crippen LogP contribution in [0.4, 0.5) is 13.2 Å². The number of fused-ring (bicyclic) bond motifs is 1. The van der Waals surface area contributed by atoms with E-state index in [-0.39, 0.29) is 11.3 Å². The first-order valence-corrected chi connectivity index (χ1v) is 11.9. The molecule has 37 heavy (non-hydrogen) atoms. The summed E-state index contributed by atoms with van der Waals surface area (Å²) in [5, 5.41) is 3.75. The van der Waals surface area contributed by atoms with E-state index in [9.17, 15) is 13.2 Å². The number of piperazine rings is 1. The van der Waals surface area contributed by atoms with Crippen molar-refractivity contribution in [2.45, 2.75) is 46.8 Å². The maximum atomic E-state index is 12.8. The van der Waals surface area contributed by atoms with Gasteiger partial charge in [0.05, 0.1) is 12.8 Å². The molecule has 1 aliphatic rings. The molecule has 0 saturated carbocycles. The lowest BCUT2D eigenvalue weighted by Crippen LogP contribution is -2.40. The molecular weight excluding hydrogens is 487 g/mol. The smallest absolute Gasteiger partial charge is 0.433 e. The van der Waals surface area contributed by atoms with Gasteiger partial charge < -0.3 is 29.9 Å². The van der Waals surface area contributed by atoms with Crippen LogP contribution < -0.4 is 15.8 Å².